The number of nitrogens with zero attached hydrogens (tertiary/aromatic N) is 1. The Morgan fingerprint density at radius 2 is 2.47 bits per heavy atom. The zero-order valence-electron chi connectivity index (χ0n) is 9.72. The Kier molecular flexibility index (Phi) is 5.06. The van der Waals surface area contributed by atoms with Gasteiger partial charge in [0.15, 0.2) is 0 Å². The minimum atomic E-state index is -0.257. The predicted molar refractivity (Wildman–Crippen MR) is 62.7 cm³/mol. The summed E-state index contributed by atoms with van der Waals surface area (Å²) in [6.45, 7) is 1.90. The van der Waals surface area contributed by atoms with Crippen molar-refractivity contribution in [1.29, 1.82) is 0 Å². The fourth-order valence-corrected chi connectivity index (χ4v) is 1.41. The number of hydrogen-bond acceptors (Lipinski definition) is 4. The SMILES string of the molecule is CC(CCc1ccco1)NC(=O)CC(N)=NO. The molecule has 0 spiro atoms. The Morgan fingerprint density at radius 1 is 1.71 bits per heavy atom. The summed E-state index contributed by atoms with van der Waals surface area (Å²) in [4.78, 5) is 11.4. The summed E-state index contributed by atoms with van der Waals surface area (Å²) in [6.07, 6.45) is 3.06. The highest BCUT2D eigenvalue weighted by atomic mass is 16.4. The highest BCUT2D eigenvalue weighted by Gasteiger charge is 2.09. The van der Waals surface area contributed by atoms with Gasteiger partial charge in [-0.2, -0.15) is 0 Å². The van der Waals surface area contributed by atoms with E-state index >= 15 is 0 Å². The van der Waals surface area contributed by atoms with E-state index in [2.05, 4.69) is 10.5 Å². The molecule has 0 aromatic carbocycles. The molecule has 6 nitrogen and oxygen atoms in total. The van der Waals surface area contributed by atoms with E-state index in [4.69, 9.17) is 15.4 Å². The predicted octanol–water partition coefficient (Wildman–Crippen LogP) is 0.853. The third-order valence-electron chi connectivity index (χ3n) is 2.28. The zero-order valence-corrected chi connectivity index (χ0v) is 9.72. The lowest BCUT2D eigenvalue weighted by Crippen LogP contribution is -2.35. The molecule has 4 N–H and O–H groups in total. The van der Waals surface area contributed by atoms with Gasteiger partial charge in [0.1, 0.15) is 11.6 Å². The number of oxime groups is 1. The Bertz CT molecular complexity index is 373. The van der Waals surface area contributed by atoms with Crippen LogP contribution in [0.25, 0.3) is 0 Å². The van der Waals surface area contributed by atoms with Gasteiger partial charge in [0, 0.05) is 12.5 Å². The normalized spacial score (nSPS) is 13.4. The van der Waals surface area contributed by atoms with E-state index in [1.807, 2.05) is 19.1 Å². The van der Waals surface area contributed by atoms with Gasteiger partial charge in [-0.15, -0.1) is 0 Å². The number of hydrogen-bond donors (Lipinski definition) is 3. The van der Waals surface area contributed by atoms with Gasteiger partial charge in [0.05, 0.1) is 12.7 Å². The average molecular weight is 239 g/mol. The van der Waals surface area contributed by atoms with E-state index in [1.165, 1.54) is 0 Å². The molecule has 1 aromatic rings. The molecule has 0 fully saturated rings. The molecule has 1 heterocycles. The third kappa shape index (κ3) is 5.05. The first kappa shape index (κ1) is 13.1. The number of aryl methyl sites for hydroxylation is 1. The van der Waals surface area contributed by atoms with Crippen molar-refractivity contribution in [1.82, 2.24) is 5.32 Å². The lowest BCUT2D eigenvalue weighted by atomic mass is 10.1. The van der Waals surface area contributed by atoms with Crippen molar-refractivity contribution in [3.05, 3.63) is 24.2 Å². The smallest absolute Gasteiger partial charge is 0.227 e. The molecule has 0 bridgehead atoms. The second-order valence-corrected chi connectivity index (χ2v) is 3.85. The van der Waals surface area contributed by atoms with Crippen LogP contribution >= 0.6 is 0 Å². The number of amidine groups is 1. The van der Waals surface area contributed by atoms with Gasteiger partial charge in [-0.3, -0.25) is 4.79 Å². The fraction of sp³-hybridized carbons (Fsp3) is 0.455. The van der Waals surface area contributed by atoms with Crippen molar-refractivity contribution < 1.29 is 14.4 Å². The molecule has 17 heavy (non-hydrogen) atoms. The van der Waals surface area contributed by atoms with E-state index in [0.717, 1.165) is 18.6 Å². The molecule has 0 radical (unpaired) electrons. The minimum absolute atomic E-state index is 0.0130. The summed E-state index contributed by atoms with van der Waals surface area (Å²) in [5.41, 5.74) is 5.22. The van der Waals surface area contributed by atoms with Gasteiger partial charge in [0.25, 0.3) is 0 Å². The minimum Gasteiger partial charge on any atom is -0.469 e. The molecule has 0 saturated carbocycles. The van der Waals surface area contributed by atoms with Crippen LogP contribution in [0.5, 0.6) is 0 Å². The highest BCUT2D eigenvalue weighted by molar-refractivity contribution is 5.98. The van der Waals surface area contributed by atoms with Crippen molar-refractivity contribution in [3.63, 3.8) is 0 Å². The standard InChI is InChI=1S/C11H17N3O3/c1-8(4-5-9-3-2-6-17-9)13-11(15)7-10(12)14-16/h2-3,6,8,16H,4-5,7H2,1H3,(H2,12,14)(H,13,15). The molecule has 94 valence electrons. The highest BCUT2D eigenvalue weighted by Crippen LogP contribution is 2.05. The first-order chi connectivity index (χ1) is 8.11. The van der Waals surface area contributed by atoms with Crippen LogP contribution in [0.15, 0.2) is 28.0 Å². The van der Waals surface area contributed by atoms with Crippen LogP contribution in [0.2, 0.25) is 0 Å². The average Bonchev–Trinajstić information content (AvgIpc) is 2.78. The van der Waals surface area contributed by atoms with Crippen LogP contribution in [0.1, 0.15) is 25.5 Å². The summed E-state index contributed by atoms with van der Waals surface area (Å²) in [6, 6.07) is 3.74. The first-order valence-corrected chi connectivity index (χ1v) is 5.40. The van der Waals surface area contributed by atoms with Crippen molar-refractivity contribution >= 4 is 11.7 Å². The molecular weight excluding hydrogens is 222 g/mol. The quantitative estimate of drug-likeness (QED) is 0.296. The number of amides is 1. The molecule has 0 aliphatic heterocycles. The monoisotopic (exact) mass is 239 g/mol. The van der Waals surface area contributed by atoms with E-state index < -0.39 is 0 Å². The molecule has 6 heteroatoms. The molecule has 0 aliphatic rings. The van der Waals surface area contributed by atoms with E-state index in [1.54, 1.807) is 6.26 Å². The van der Waals surface area contributed by atoms with E-state index in [0.29, 0.717) is 0 Å². The number of furan rings is 1. The van der Waals surface area contributed by atoms with Gasteiger partial charge in [-0.1, -0.05) is 5.16 Å². The number of rotatable bonds is 6. The van der Waals surface area contributed by atoms with Crippen molar-refractivity contribution in [2.45, 2.75) is 32.2 Å². The lowest BCUT2D eigenvalue weighted by Gasteiger charge is -2.12. The Morgan fingerprint density at radius 3 is 3.06 bits per heavy atom. The summed E-state index contributed by atoms with van der Waals surface area (Å²) in [7, 11) is 0. The molecule has 1 aromatic heterocycles. The van der Waals surface area contributed by atoms with Crippen molar-refractivity contribution in [2.24, 2.45) is 10.9 Å². The maximum absolute atomic E-state index is 11.4. The van der Waals surface area contributed by atoms with E-state index in [9.17, 15) is 4.79 Å². The van der Waals surface area contributed by atoms with Crippen LogP contribution in [0.3, 0.4) is 0 Å². The summed E-state index contributed by atoms with van der Waals surface area (Å²) < 4.78 is 5.19. The van der Waals surface area contributed by atoms with Crippen LogP contribution in [-0.4, -0.2) is 23.0 Å². The Balaban J connectivity index is 2.24. The molecule has 1 unspecified atom stereocenters. The summed E-state index contributed by atoms with van der Waals surface area (Å²) in [5, 5.41) is 13.8. The molecule has 0 aliphatic carbocycles. The number of carbonyl (C=O) groups is 1. The van der Waals surface area contributed by atoms with Crippen molar-refractivity contribution in [2.75, 3.05) is 0 Å². The molecule has 0 saturated heterocycles. The summed E-state index contributed by atoms with van der Waals surface area (Å²) >= 11 is 0. The largest absolute Gasteiger partial charge is 0.469 e. The van der Waals surface area contributed by atoms with E-state index in [-0.39, 0.29) is 24.2 Å². The zero-order chi connectivity index (χ0) is 12.7. The topological polar surface area (TPSA) is 101 Å². The Hall–Kier alpha value is -1.98. The molecule has 1 amide bonds. The molecular formula is C11H17N3O3. The van der Waals surface area contributed by atoms with Crippen LogP contribution in [0, 0.1) is 0 Å². The third-order valence-corrected chi connectivity index (χ3v) is 2.28. The van der Waals surface area contributed by atoms with Crippen LogP contribution in [-0.2, 0) is 11.2 Å². The first-order valence-electron chi connectivity index (χ1n) is 5.40. The van der Waals surface area contributed by atoms with Gasteiger partial charge in [-0.25, -0.2) is 0 Å². The molecule has 1 atom stereocenters. The van der Waals surface area contributed by atoms with Gasteiger partial charge in [-0.05, 0) is 25.5 Å². The number of nitrogens with two attached hydrogens (primary N) is 1. The van der Waals surface area contributed by atoms with Gasteiger partial charge >= 0.3 is 0 Å². The second kappa shape index (κ2) is 6.57. The number of nitrogens with one attached hydrogen (secondary N) is 1. The maximum atomic E-state index is 11.4. The Labute approximate surface area is 99.5 Å². The van der Waals surface area contributed by atoms with Gasteiger partial charge < -0.3 is 20.7 Å². The van der Waals surface area contributed by atoms with Crippen molar-refractivity contribution in [3.8, 4) is 0 Å². The second-order valence-electron chi connectivity index (χ2n) is 3.85. The van der Waals surface area contributed by atoms with Crippen LogP contribution < -0.4 is 11.1 Å². The lowest BCUT2D eigenvalue weighted by molar-refractivity contribution is -0.120. The maximum Gasteiger partial charge on any atom is 0.227 e. The number of carbonyl (C=O) groups excluding carboxylic acids is 1. The summed E-state index contributed by atoms with van der Waals surface area (Å²) in [5.74, 6) is 0.538. The van der Waals surface area contributed by atoms with Crippen LogP contribution in [0.4, 0.5) is 0 Å². The van der Waals surface area contributed by atoms with Gasteiger partial charge in [0.2, 0.25) is 5.91 Å². The molecule has 1 rings (SSSR count). The fourth-order valence-electron chi connectivity index (χ4n) is 1.41.